The Balaban J connectivity index is 1.35. The Hall–Kier alpha value is -3.62. The van der Waals surface area contributed by atoms with E-state index in [2.05, 4.69) is 19.8 Å². The van der Waals surface area contributed by atoms with Gasteiger partial charge >= 0.3 is 13.9 Å². The van der Waals surface area contributed by atoms with Crippen LogP contribution in [0.4, 0.5) is 10.5 Å². The minimum absolute atomic E-state index is 0.172. The molecule has 1 saturated heterocycles. The fourth-order valence-electron chi connectivity index (χ4n) is 4.04. The Bertz CT molecular complexity index is 1310. The molecule has 33 heavy (non-hydrogen) atoms. The van der Waals surface area contributed by atoms with Crippen LogP contribution in [-0.2, 0) is 26.7 Å². The molecule has 13 heteroatoms. The van der Waals surface area contributed by atoms with Gasteiger partial charge in [0.25, 0.3) is 0 Å². The Kier molecular flexibility index (Phi) is 5.19. The average Bonchev–Trinajstić information content (AvgIpc) is 3.47. The normalized spacial score (nSPS) is 19.2. The molecule has 2 aliphatic heterocycles. The molecule has 2 aliphatic rings. The van der Waals surface area contributed by atoms with Gasteiger partial charge in [-0.25, -0.2) is 19.0 Å². The van der Waals surface area contributed by atoms with Crippen LogP contribution in [0.15, 0.2) is 42.7 Å². The largest absolute Gasteiger partial charge is 0.469 e. The Morgan fingerprint density at radius 3 is 2.82 bits per heavy atom. The summed E-state index contributed by atoms with van der Waals surface area (Å²) in [5, 5.41) is 16.7. The summed E-state index contributed by atoms with van der Waals surface area (Å²) in [6.07, 6.45) is 2.64. The summed E-state index contributed by atoms with van der Waals surface area (Å²) in [6.45, 7) is -0.387. The van der Waals surface area contributed by atoms with Crippen molar-refractivity contribution in [3.63, 3.8) is 0 Å². The van der Waals surface area contributed by atoms with E-state index < -0.39 is 26.1 Å². The SMILES string of the molecule is N#CCc1cn(-c2ccc(-c3ccc4c(c3)CC3C(COP(=O)(O)O)OC(=O)N43)cn2)nn1. The number of phosphoric ester groups is 1. The number of nitriles is 1. The van der Waals surface area contributed by atoms with Crippen molar-refractivity contribution in [3.05, 3.63) is 54.0 Å². The number of benzene rings is 1. The molecule has 0 bridgehead atoms. The summed E-state index contributed by atoms with van der Waals surface area (Å²) in [5.41, 5.74) is 3.93. The number of ether oxygens (including phenoxy) is 1. The highest BCUT2D eigenvalue weighted by Crippen LogP contribution is 2.42. The van der Waals surface area contributed by atoms with E-state index in [9.17, 15) is 9.36 Å². The molecular formula is C20H17N6O6P. The highest BCUT2D eigenvalue weighted by atomic mass is 31.2. The maximum absolute atomic E-state index is 12.3. The van der Waals surface area contributed by atoms with E-state index in [0.717, 1.165) is 16.7 Å². The number of phosphoric acid groups is 1. The predicted molar refractivity (Wildman–Crippen MR) is 112 cm³/mol. The molecule has 12 nitrogen and oxygen atoms in total. The van der Waals surface area contributed by atoms with Gasteiger partial charge in [0.05, 0.1) is 42.7 Å². The van der Waals surface area contributed by atoms with E-state index in [1.807, 2.05) is 30.3 Å². The number of carbonyl (C=O) groups is 1. The van der Waals surface area contributed by atoms with E-state index in [4.69, 9.17) is 19.8 Å². The first-order valence-electron chi connectivity index (χ1n) is 9.90. The summed E-state index contributed by atoms with van der Waals surface area (Å²) in [7, 11) is -4.67. The lowest BCUT2D eigenvalue weighted by atomic mass is 10.0. The number of amides is 1. The molecule has 0 aliphatic carbocycles. The highest BCUT2D eigenvalue weighted by Gasteiger charge is 2.48. The van der Waals surface area contributed by atoms with Gasteiger partial charge in [-0.3, -0.25) is 9.42 Å². The molecule has 2 atom stereocenters. The second kappa shape index (κ2) is 8.06. The summed E-state index contributed by atoms with van der Waals surface area (Å²) in [5.74, 6) is 0.563. The van der Waals surface area contributed by atoms with Crippen LogP contribution >= 0.6 is 7.82 Å². The van der Waals surface area contributed by atoms with Gasteiger partial charge in [0.1, 0.15) is 6.10 Å². The molecule has 2 aromatic heterocycles. The van der Waals surface area contributed by atoms with Gasteiger partial charge in [0, 0.05) is 11.8 Å². The van der Waals surface area contributed by atoms with Crippen LogP contribution in [0.5, 0.6) is 0 Å². The van der Waals surface area contributed by atoms with Gasteiger partial charge in [-0.2, -0.15) is 5.26 Å². The molecule has 1 amide bonds. The van der Waals surface area contributed by atoms with Gasteiger partial charge in [-0.15, -0.1) is 5.10 Å². The molecule has 0 radical (unpaired) electrons. The summed E-state index contributed by atoms with van der Waals surface area (Å²) < 4.78 is 22.3. The van der Waals surface area contributed by atoms with Crippen molar-refractivity contribution in [1.29, 1.82) is 5.26 Å². The maximum Gasteiger partial charge on any atom is 0.469 e. The molecule has 2 N–H and O–H groups in total. The zero-order chi connectivity index (χ0) is 23.2. The fourth-order valence-corrected chi connectivity index (χ4v) is 4.38. The third kappa shape index (κ3) is 4.10. The molecule has 5 rings (SSSR count). The summed E-state index contributed by atoms with van der Waals surface area (Å²) >= 11 is 0. The molecule has 0 saturated carbocycles. The molecule has 168 valence electrons. The first-order chi connectivity index (χ1) is 15.8. The average molecular weight is 468 g/mol. The number of cyclic esters (lactones) is 1. The number of pyridine rings is 1. The zero-order valence-corrected chi connectivity index (χ0v) is 17.9. The van der Waals surface area contributed by atoms with Crippen molar-refractivity contribution in [1.82, 2.24) is 20.0 Å². The van der Waals surface area contributed by atoms with E-state index in [-0.39, 0.29) is 13.0 Å². The van der Waals surface area contributed by atoms with Crippen molar-refractivity contribution < 1.29 is 28.4 Å². The topological polar surface area (TPSA) is 164 Å². The summed E-state index contributed by atoms with van der Waals surface area (Å²) in [6, 6.07) is 10.9. The Morgan fingerprint density at radius 2 is 2.09 bits per heavy atom. The van der Waals surface area contributed by atoms with E-state index >= 15 is 0 Å². The second-order valence-electron chi connectivity index (χ2n) is 7.59. The molecular weight excluding hydrogens is 451 g/mol. The molecule has 1 fully saturated rings. The minimum atomic E-state index is -4.67. The first kappa shape index (κ1) is 21.2. The van der Waals surface area contributed by atoms with Crippen LogP contribution in [0, 0.1) is 11.3 Å². The van der Waals surface area contributed by atoms with Gasteiger partial charge in [-0.1, -0.05) is 11.3 Å². The predicted octanol–water partition coefficient (Wildman–Crippen LogP) is 1.75. The molecule has 0 spiro atoms. The van der Waals surface area contributed by atoms with Crippen molar-refractivity contribution >= 4 is 19.6 Å². The molecule has 3 aromatic rings. The van der Waals surface area contributed by atoms with Crippen LogP contribution in [0.25, 0.3) is 16.9 Å². The standard InChI is InChI=1S/C20H17N6O6P/c21-6-5-15-10-25(24-23-15)19-4-2-13(9-22-19)12-1-3-16-14(7-12)8-17-18(11-31-33(28,29)30)32-20(27)26(16)17/h1-4,7,9-10,17-18H,5,8,11H2,(H2,28,29,30). The van der Waals surface area contributed by atoms with Crippen LogP contribution < -0.4 is 4.90 Å². The van der Waals surface area contributed by atoms with Gasteiger partial charge in [0.2, 0.25) is 0 Å². The molecule has 4 heterocycles. The quantitative estimate of drug-likeness (QED) is 0.509. The maximum atomic E-state index is 12.3. The lowest BCUT2D eigenvalue weighted by Gasteiger charge is -2.16. The number of fused-ring (bicyclic) bond motifs is 3. The van der Waals surface area contributed by atoms with Crippen LogP contribution in [-0.4, -0.2) is 54.6 Å². The third-order valence-electron chi connectivity index (χ3n) is 5.50. The fraction of sp³-hybridized carbons (Fsp3) is 0.250. The Morgan fingerprint density at radius 1 is 1.27 bits per heavy atom. The van der Waals surface area contributed by atoms with Crippen molar-refractivity contribution in [2.24, 2.45) is 0 Å². The monoisotopic (exact) mass is 468 g/mol. The number of hydrogen-bond acceptors (Lipinski definition) is 8. The van der Waals surface area contributed by atoms with Crippen molar-refractivity contribution in [3.8, 4) is 23.0 Å². The van der Waals surface area contributed by atoms with Gasteiger partial charge in [-0.05, 0) is 41.8 Å². The number of hydrogen-bond donors (Lipinski definition) is 2. The van der Waals surface area contributed by atoms with Crippen LogP contribution in [0.3, 0.4) is 0 Å². The smallest absolute Gasteiger partial charge is 0.441 e. The number of nitrogens with zero attached hydrogens (tertiary/aromatic N) is 6. The summed E-state index contributed by atoms with van der Waals surface area (Å²) in [4.78, 5) is 36.1. The lowest BCUT2D eigenvalue weighted by molar-refractivity contribution is 0.0761. The van der Waals surface area contributed by atoms with Crippen LogP contribution in [0.2, 0.25) is 0 Å². The lowest BCUT2D eigenvalue weighted by Crippen LogP contribution is -2.35. The third-order valence-corrected chi connectivity index (χ3v) is 5.99. The van der Waals surface area contributed by atoms with E-state index in [1.165, 1.54) is 9.58 Å². The number of anilines is 1. The number of aromatic nitrogens is 4. The number of rotatable bonds is 6. The van der Waals surface area contributed by atoms with E-state index in [0.29, 0.717) is 23.6 Å². The van der Waals surface area contributed by atoms with Gasteiger partial charge in [0.15, 0.2) is 5.82 Å². The second-order valence-corrected chi connectivity index (χ2v) is 8.83. The Labute approximate surface area is 187 Å². The molecule has 1 aromatic carbocycles. The van der Waals surface area contributed by atoms with Crippen molar-refractivity contribution in [2.75, 3.05) is 11.5 Å². The van der Waals surface area contributed by atoms with Gasteiger partial charge < -0.3 is 14.5 Å². The first-order valence-corrected chi connectivity index (χ1v) is 11.4. The van der Waals surface area contributed by atoms with E-state index in [1.54, 1.807) is 18.5 Å². The minimum Gasteiger partial charge on any atom is -0.441 e. The zero-order valence-electron chi connectivity index (χ0n) is 17.0. The highest BCUT2D eigenvalue weighted by molar-refractivity contribution is 7.46. The molecule has 2 unspecified atom stereocenters. The number of carbonyl (C=O) groups excluding carboxylic acids is 1. The van der Waals surface area contributed by atoms with Crippen molar-refractivity contribution in [2.45, 2.75) is 25.0 Å². The van der Waals surface area contributed by atoms with Crippen LogP contribution in [0.1, 0.15) is 11.3 Å².